The molecule has 1 N–H and O–H groups in total. The number of carbonyl (C=O) groups is 1. The Balaban J connectivity index is 1.59. The van der Waals surface area contributed by atoms with E-state index in [4.69, 9.17) is 4.74 Å². The van der Waals surface area contributed by atoms with Crippen LogP contribution >= 0.6 is 11.3 Å². The first-order valence-electron chi connectivity index (χ1n) is 8.02. The zero-order valence-corrected chi connectivity index (χ0v) is 14.5. The van der Waals surface area contributed by atoms with Gasteiger partial charge in [0.25, 0.3) is 0 Å². The van der Waals surface area contributed by atoms with E-state index in [9.17, 15) is 4.79 Å². The minimum absolute atomic E-state index is 0.197. The molecule has 128 valence electrons. The van der Waals surface area contributed by atoms with Crippen molar-refractivity contribution >= 4 is 34.2 Å². The van der Waals surface area contributed by atoms with E-state index in [1.165, 1.54) is 0 Å². The molecular formula is C17H17N5O2S. The van der Waals surface area contributed by atoms with Gasteiger partial charge in [-0.3, -0.25) is 5.32 Å². The summed E-state index contributed by atoms with van der Waals surface area (Å²) in [5.74, 6) is 0.307. The molecule has 3 heterocycles. The van der Waals surface area contributed by atoms with Crippen molar-refractivity contribution in [2.24, 2.45) is 0 Å². The number of nitrogens with zero attached hydrogens (tertiary/aromatic N) is 4. The molecule has 8 heteroatoms. The summed E-state index contributed by atoms with van der Waals surface area (Å²) in [5.41, 5.74) is 1.85. The number of nitrogens with one attached hydrogen (secondary N) is 1. The number of aryl methyl sites for hydroxylation is 1. The van der Waals surface area contributed by atoms with Crippen molar-refractivity contribution in [2.45, 2.75) is 6.92 Å². The second kappa shape index (κ2) is 6.73. The number of aromatic nitrogens is 3. The fourth-order valence-electron chi connectivity index (χ4n) is 2.67. The summed E-state index contributed by atoms with van der Waals surface area (Å²) in [7, 11) is 0. The number of benzene rings is 1. The van der Waals surface area contributed by atoms with Crippen LogP contribution in [0.2, 0.25) is 0 Å². The number of morpholine rings is 1. The maximum Gasteiger partial charge on any atom is 0.324 e. The highest BCUT2D eigenvalue weighted by Crippen LogP contribution is 2.28. The fourth-order valence-corrected chi connectivity index (χ4v) is 3.45. The molecule has 2 aromatic heterocycles. The van der Waals surface area contributed by atoms with Crippen molar-refractivity contribution in [1.82, 2.24) is 19.9 Å². The zero-order valence-electron chi connectivity index (χ0n) is 13.7. The third kappa shape index (κ3) is 3.45. The average molecular weight is 355 g/mol. The number of urea groups is 1. The van der Waals surface area contributed by atoms with Crippen LogP contribution in [0.25, 0.3) is 21.3 Å². The SMILES string of the molecule is Cc1ncc(-c2ccc3cnc(NC(=O)N4CCOCC4)nc3c2)s1. The number of hydrogen-bond acceptors (Lipinski definition) is 6. The highest BCUT2D eigenvalue weighted by atomic mass is 32.1. The topological polar surface area (TPSA) is 80.2 Å². The van der Waals surface area contributed by atoms with Gasteiger partial charge in [-0.25, -0.2) is 19.7 Å². The van der Waals surface area contributed by atoms with Gasteiger partial charge in [0.2, 0.25) is 5.95 Å². The fraction of sp³-hybridized carbons (Fsp3) is 0.294. The van der Waals surface area contributed by atoms with Crippen LogP contribution in [0.5, 0.6) is 0 Å². The predicted octanol–water partition coefficient (Wildman–Crippen LogP) is 2.93. The standard InChI is InChI=1S/C17H17N5O2S/c1-11-18-10-15(25-11)12-2-3-13-9-19-16(20-14(13)8-12)21-17(23)22-4-6-24-7-5-22/h2-3,8-10H,4-7H2,1H3,(H,19,20,21,23). The van der Waals surface area contributed by atoms with Crippen LogP contribution in [0, 0.1) is 6.92 Å². The Kier molecular flexibility index (Phi) is 4.29. The number of hydrogen-bond donors (Lipinski definition) is 1. The molecule has 0 atom stereocenters. The molecule has 1 fully saturated rings. The molecule has 1 saturated heterocycles. The zero-order chi connectivity index (χ0) is 17.2. The number of amides is 2. The maximum atomic E-state index is 12.3. The Morgan fingerprint density at radius 3 is 2.84 bits per heavy atom. The number of rotatable bonds is 2. The highest BCUT2D eigenvalue weighted by Gasteiger charge is 2.17. The lowest BCUT2D eigenvalue weighted by atomic mass is 10.1. The van der Waals surface area contributed by atoms with E-state index in [0.717, 1.165) is 26.4 Å². The van der Waals surface area contributed by atoms with Crippen molar-refractivity contribution < 1.29 is 9.53 Å². The number of carbonyl (C=O) groups excluding carboxylic acids is 1. The Morgan fingerprint density at radius 1 is 1.24 bits per heavy atom. The van der Waals surface area contributed by atoms with E-state index in [0.29, 0.717) is 32.3 Å². The number of ether oxygens (including phenoxy) is 1. The first-order valence-corrected chi connectivity index (χ1v) is 8.84. The highest BCUT2D eigenvalue weighted by molar-refractivity contribution is 7.15. The summed E-state index contributed by atoms with van der Waals surface area (Å²) in [6, 6.07) is 5.81. The van der Waals surface area contributed by atoms with Crippen molar-refractivity contribution in [1.29, 1.82) is 0 Å². The average Bonchev–Trinajstić information content (AvgIpc) is 3.08. The van der Waals surface area contributed by atoms with Gasteiger partial charge in [0, 0.05) is 30.9 Å². The van der Waals surface area contributed by atoms with E-state index in [2.05, 4.69) is 20.3 Å². The first kappa shape index (κ1) is 15.9. The Hall–Kier alpha value is -2.58. The van der Waals surface area contributed by atoms with Crippen LogP contribution in [-0.2, 0) is 4.74 Å². The molecular weight excluding hydrogens is 338 g/mol. The van der Waals surface area contributed by atoms with Gasteiger partial charge in [-0.15, -0.1) is 11.3 Å². The lowest BCUT2D eigenvalue weighted by Gasteiger charge is -2.26. The van der Waals surface area contributed by atoms with Crippen molar-refractivity contribution in [3.8, 4) is 10.4 Å². The lowest BCUT2D eigenvalue weighted by Crippen LogP contribution is -2.43. The number of fused-ring (bicyclic) bond motifs is 1. The second-order valence-corrected chi connectivity index (χ2v) is 6.98. The smallest absolute Gasteiger partial charge is 0.324 e. The predicted molar refractivity (Wildman–Crippen MR) is 96.8 cm³/mol. The molecule has 0 saturated carbocycles. The van der Waals surface area contributed by atoms with Gasteiger partial charge in [-0.2, -0.15) is 0 Å². The van der Waals surface area contributed by atoms with Crippen molar-refractivity contribution in [3.05, 3.63) is 35.6 Å². The summed E-state index contributed by atoms with van der Waals surface area (Å²) in [4.78, 5) is 28.1. The molecule has 4 rings (SSSR count). The van der Waals surface area contributed by atoms with Crippen LogP contribution < -0.4 is 5.32 Å². The van der Waals surface area contributed by atoms with E-state index in [-0.39, 0.29) is 6.03 Å². The summed E-state index contributed by atoms with van der Waals surface area (Å²) < 4.78 is 5.26. The Labute approximate surface area is 148 Å². The second-order valence-electron chi connectivity index (χ2n) is 5.74. The molecule has 25 heavy (non-hydrogen) atoms. The third-order valence-corrected chi connectivity index (χ3v) is 4.97. The summed E-state index contributed by atoms with van der Waals surface area (Å²) in [6.45, 7) is 4.26. The summed E-state index contributed by atoms with van der Waals surface area (Å²) in [5, 5.41) is 4.72. The van der Waals surface area contributed by atoms with Crippen LogP contribution in [0.3, 0.4) is 0 Å². The molecule has 1 aromatic carbocycles. The normalized spacial score (nSPS) is 14.7. The lowest BCUT2D eigenvalue weighted by molar-refractivity contribution is 0.0564. The largest absolute Gasteiger partial charge is 0.378 e. The monoisotopic (exact) mass is 355 g/mol. The quantitative estimate of drug-likeness (QED) is 0.764. The molecule has 7 nitrogen and oxygen atoms in total. The van der Waals surface area contributed by atoms with Crippen LogP contribution in [-0.4, -0.2) is 52.2 Å². The van der Waals surface area contributed by atoms with E-state index in [1.54, 1.807) is 22.4 Å². The van der Waals surface area contributed by atoms with Crippen LogP contribution in [0.4, 0.5) is 10.7 Å². The van der Waals surface area contributed by atoms with E-state index < -0.39 is 0 Å². The Bertz CT molecular complexity index is 920. The number of thiazole rings is 1. The van der Waals surface area contributed by atoms with Gasteiger partial charge in [-0.1, -0.05) is 12.1 Å². The minimum atomic E-state index is -0.197. The summed E-state index contributed by atoms with van der Waals surface area (Å²) >= 11 is 1.64. The molecule has 2 amide bonds. The van der Waals surface area contributed by atoms with Gasteiger partial charge in [0.05, 0.1) is 28.6 Å². The van der Waals surface area contributed by atoms with Gasteiger partial charge in [0.1, 0.15) is 0 Å². The molecule has 3 aromatic rings. The molecule has 1 aliphatic heterocycles. The molecule has 0 radical (unpaired) electrons. The molecule has 0 spiro atoms. The minimum Gasteiger partial charge on any atom is -0.378 e. The Morgan fingerprint density at radius 2 is 2.08 bits per heavy atom. The van der Waals surface area contributed by atoms with Crippen molar-refractivity contribution in [3.63, 3.8) is 0 Å². The maximum absolute atomic E-state index is 12.3. The number of anilines is 1. The molecule has 1 aliphatic rings. The van der Waals surface area contributed by atoms with E-state index in [1.807, 2.05) is 31.3 Å². The van der Waals surface area contributed by atoms with Gasteiger partial charge in [0.15, 0.2) is 0 Å². The molecule has 0 aliphatic carbocycles. The van der Waals surface area contributed by atoms with Gasteiger partial charge >= 0.3 is 6.03 Å². The van der Waals surface area contributed by atoms with Gasteiger partial charge in [-0.05, 0) is 18.6 Å². The molecule has 0 bridgehead atoms. The van der Waals surface area contributed by atoms with E-state index >= 15 is 0 Å². The first-order chi connectivity index (χ1) is 12.2. The summed E-state index contributed by atoms with van der Waals surface area (Å²) in [6.07, 6.45) is 3.59. The third-order valence-electron chi connectivity index (χ3n) is 4.01. The van der Waals surface area contributed by atoms with Crippen LogP contribution in [0.1, 0.15) is 5.01 Å². The molecule has 0 unspecified atom stereocenters. The van der Waals surface area contributed by atoms with Gasteiger partial charge < -0.3 is 9.64 Å². The van der Waals surface area contributed by atoms with Crippen LogP contribution in [0.15, 0.2) is 30.6 Å². The van der Waals surface area contributed by atoms with Crippen molar-refractivity contribution in [2.75, 3.05) is 31.6 Å².